The number of halogens is 1. The van der Waals surface area contributed by atoms with Crippen LogP contribution < -0.4 is 10.2 Å². The second kappa shape index (κ2) is 7.98. The van der Waals surface area contributed by atoms with Crippen LogP contribution in [0.1, 0.15) is 36.2 Å². The number of ether oxygens (including phenoxy) is 1. The maximum atomic E-state index is 14.3. The van der Waals surface area contributed by atoms with Gasteiger partial charge in [0.05, 0.1) is 36.6 Å². The number of fused-ring (bicyclic) bond motifs is 1. The van der Waals surface area contributed by atoms with Crippen molar-refractivity contribution < 1.29 is 13.9 Å². The standard InChI is InChI=1S/C22H28FN5O2/c1-27-13-25-9-20(27)22(29)26-18-6-15-10-28(19-4-5-24-8-17(19)23)11-16(15)7-21(18)30-12-14-2-3-14/h4-5,8-9,13-16,18,21H,2-3,6-7,10-12H2,1H3,(H,26,29)/t15-,16+,18-,21-/m0/s1. The van der Waals surface area contributed by atoms with Crippen molar-refractivity contribution in [2.45, 2.75) is 37.8 Å². The molecule has 8 heteroatoms. The van der Waals surface area contributed by atoms with Crippen LogP contribution in [0.15, 0.2) is 31.0 Å². The van der Waals surface area contributed by atoms with Gasteiger partial charge in [0.25, 0.3) is 5.91 Å². The number of carbonyl (C=O) groups is 1. The quantitative estimate of drug-likeness (QED) is 0.787. The maximum absolute atomic E-state index is 14.3. The first-order chi connectivity index (χ1) is 14.6. The molecule has 2 aliphatic carbocycles. The summed E-state index contributed by atoms with van der Waals surface area (Å²) in [4.78, 5) is 22.9. The predicted octanol–water partition coefficient (Wildman–Crippen LogP) is 2.39. The summed E-state index contributed by atoms with van der Waals surface area (Å²) < 4.78 is 22.3. The molecule has 5 rings (SSSR count). The van der Waals surface area contributed by atoms with E-state index in [-0.39, 0.29) is 23.9 Å². The number of amides is 1. The van der Waals surface area contributed by atoms with Gasteiger partial charge >= 0.3 is 0 Å². The fourth-order valence-corrected chi connectivity index (χ4v) is 4.93. The van der Waals surface area contributed by atoms with E-state index in [9.17, 15) is 9.18 Å². The van der Waals surface area contributed by atoms with Crippen LogP contribution >= 0.6 is 0 Å². The van der Waals surface area contributed by atoms with Gasteiger partial charge in [0.15, 0.2) is 5.82 Å². The molecule has 2 aromatic rings. The van der Waals surface area contributed by atoms with Crippen molar-refractivity contribution in [2.24, 2.45) is 24.8 Å². The lowest BCUT2D eigenvalue weighted by atomic mass is 9.77. The second-order valence-electron chi connectivity index (χ2n) is 9.01. The van der Waals surface area contributed by atoms with Gasteiger partial charge in [-0.1, -0.05) is 0 Å². The normalized spacial score (nSPS) is 28.4. The van der Waals surface area contributed by atoms with Gasteiger partial charge in [0.2, 0.25) is 0 Å². The largest absolute Gasteiger partial charge is 0.376 e. The third-order valence-corrected chi connectivity index (χ3v) is 6.82. The number of rotatable bonds is 6. The molecule has 7 nitrogen and oxygen atoms in total. The van der Waals surface area contributed by atoms with Gasteiger partial charge in [-0.3, -0.25) is 9.78 Å². The molecule has 0 unspecified atom stereocenters. The number of carbonyl (C=O) groups excluding carboxylic acids is 1. The van der Waals surface area contributed by atoms with E-state index in [1.807, 2.05) is 7.05 Å². The van der Waals surface area contributed by atoms with E-state index < -0.39 is 0 Å². The molecule has 4 atom stereocenters. The molecule has 0 aromatic carbocycles. The molecule has 160 valence electrons. The highest BCUT2D eigenvalue weighted by Gasteiger charge is 2.44. The monoisotopic (exact) mass is 413 g/mol. The molecule has 1 N–H and O–H groups in total. The third-order valence-electron chi connectivity index (χ3n) is 6.82. The average Bonchev–Trinajstić information content (AvgIpc) is 3.32. The highest BCUT2D eigenvalue weighted by atomic mass is 19.1. The topological polar surface area (TPSA) is 72.3 Å². The first-order valence-corrected chi connectivity index (χ1v) is 10.8. The molecule has 1 saturated heterocycles. The van der Waals surface area contributed by atoms with Crippen molar-refractivity contribution in [3.05, 3.63) is 42.5 Å². The summed E-state index contributed by atoms with van der Waals surface area (Å²) in [6, 6.07) is 1.70. The summed E-state index contributed by atoms with van der Waals surface area (Å²) in [5, 5.41) is 3.21. The van der Waals surface area contributed by atoms with Crippen molar-refractivity contribution in [1.29, 1.82) is 0 Å². The summed E-state index contributed by atoms with van der Waals surface area (Å²) in [6.45, 7) is 2.37. The lowest BCUT2D eigenvalue weighted by Crippen LogP contribution is -2.50. The van der Waals surface area contributed by atoms with Gasteiger partial charge in [0, 0.05) is 32.9 Å². The Morgan fingerprint density at radius 1 is 1.23 bits per heavy atom. The Morgan fingerprint density at radius 3 is 2.73 bits per heavy atom. The second-order valence-corrected chi connectivity index (χ2v) is 9.01. The number of anilines is 1. The van der Waals surface area contributed by atoms with Crippen molar-refractivity contribution >= 4 is 11.6 Å². The first-order valence-electron chi connectivity index (χ1n) is 10.8. The van der Waals surface area contributed by atoms with Crippen LogP contribution in [0, 0.1) is 23.6 Å². The lowest BCUT2D eigenvalue weighted by Gasteiger charge is -2.38. The van der Waals surface area contributed by atoms with Crippen LogP contribution in [0.4, 0.5) is 10.1 Å². The van der Waals surface area contributed by atoms with E-state index in [4.69, 9.17) is 4.74 Å². The predicted molar refractivity (Wildman–Crippen MR) is 110 cm³/mol. The van der Waals surface area contributed by atoms with Crippen molar-refractivity contribution in [3.8, 4) is 0 Å². The zero-order valence-electron chi connectivity index (χ0n) is 17.2. The molecule has 0 radical (unpaired) electrons. The number of nitrogens with one attached hydrogen (secondary N) is 1. The van der Waals surface area contributed by atoms with E-state index in [2.05, 4.69) is 20.2 Å². The van der Waals surface area contributed by atoms with E-state index in [0.717, 1.165) is 32.5 Å². The molecule has 3 heterocycles. The first kappa shape index (κ1) is 19.5. The lowest BCUT2D eigenvalue weighted by molar-refractivity contribution is -0.0212. The number of aryl methyl sites for hydroxylation is 1. The maximum Gasteiger partial charge on any atom is 0.269 e. The Morgan fingerprint density at radius 2 is 2.03 bits per heavy atom. The van der Waals surface area contributed by atoms with Gasteiger partial charge in [-0.05, 0) is 49.5 Å². The van der Waals surface area contributed by atoms with E-state index >= 15 is 0 Å². The number of aromatic nitrogens is 3. The molecular weight excluding hydrogens is 385 g/mol. The van der Waals surface area contributed by atoms with Gasteiger partial charge in [-0.15, -0.1) is 0 Å². The minimum Gasteiger partial charge on any atom is -0.376 e. The molecule has 1 amide bonds. The molecule has 2 aromatic heterocycles. The summed E-state index contributed by atoms with van der Waals surface area (Å²) in [6.07, 6.45) is 10.3. The summed E-state index contributed by atoms with van der Waals surface area (Å²) in [7, 11) is 1.82. The number of pyridine rings is 1. The minimum atomic E-state index is -0.279. The number of imidazole rings is 1. The Bertz CT molecular complexity index is 914. The molecule has 3 aliphatic rings. The van der Waals surface area contributed by atoms with Crippen LogP contribution in [0.3, 0.4) is 0 Å². The van der Waals surface area contributed by atoms with Crippen molar-refractivity contribution in [1.82, 2.24) is 19.9 Å². The zero-order chi connectivity index (χ0) is 20.7. The van der Waals surface area contributed by atoms with Gasteiger partial charge in [-0.2, -0.15) is 0 Å². The van der Waals surface area contributed by atoms with Crippen LogP contribution in [-0.2, 0) is 11.8 Å². The molecule has 3 fully saturated rings. The van der Waals surface area contributed by atoms with Crippen LogP contribution in [0.2, 0.25) is 0 Å². The third kappa shape index (κ3) is 3.93. The van der Waals surface area contributed by atoms with E-state index in [0.29, 0.717) is 29.1 Å². The Balaban J connectivity index is 1.30. The summed E-state index contributed by atoms with van der Waals surface area (Å²) in [5.41, 5.74) is 1.16. The number of hydrogen-bond donors (Lipinski definition) is 1. The summed E-state index contributed by atoms with van der Waals surface area (Å²) in [5.74, 6) is 1.11. The van der Waals surface area contributed by atoms with Gasteiger partial charge < -0.3 is 19.5 Å². The fourth-order valence-electron chi connectivity index (χ4n) is 4.93. The molecule has 0 bridgehead atoms. The number of hydrogen-bond acceptors (Lipinski definition) is 5. The SMILES string of the molecule is Cn1cncc1C(=O)N[C@H]1C[C@H]2CN(c3ccncc3F)C[C@H]2C[C@@H]1OCC1CC1. The number of nitrogens with zero attached hydrogens (tertiary/aromatic N) is 4. The van der Waals surface area contributed by atoms with Crippen LogP contribution in [0.25, 0.3) is 0 Å². The molecular formula is C22H28FN5O2. The van der Waals surface area contributed by atoms with Crippen LogP contribution in [-0.4, -0.2) is 52.3 Å². The fraction of sp³-hybridized carbons (Fsp3) is 0.591. The Labute approximate surface area is 175 Å². The minimum absolute atomic E-state index is 0.00809. The smallest absolute Gasteiger partial charge is 0.269 e. The highest BCUT2D eigenvalue weighted by molar-refractivity contribution is 5.92. The molecule has 0 spiro atoms. The van der Waals surface area contributed by atoms with Crippen molar-refractivity contribution in [3.63, 3.8) is 0 Å². The van der Waals surface area contributed by atoms with E-state index in [1.165, 1.54) is 19.0 Å². The van der Waals surface area contributed by atoms with E-state index in [1.54, 1.807) is 29.4 Å². The van der Waals surface area contributed by atoms with Crippen LogP contribution in [0.5, 0.6) is 0 Å². The summed E-state index contributed by atoms with van der Waals surface area (Å²) >= 11 is 0. The van der Waals surface area contributed by atoms with Crippen molar-refractivity contribution in [2.75, 3.05) is 24.6 Å². The Hall–Kier alpha value is -2.48. The Kier molecular flexibility index (Phi) is 5.18. The zero-order valence-corrected chi connectivity index (χ0v) is 17.2. The molecule has 1 aliphatic heterocycles. The average molecular weight is 413 g/mol. The van der Waals surface area contributed by atoms with Gasteiger partial charge in [-0.25, -0.2) is 9.37 Å². The molecule has 2 saturated carbocycles. The highest BCUT2D eigenvalue weighted by Crippen LogP contribution is 2.40. The van der Waals surface area contributed by atoms with Gasteiger partial charge in [0.1, 0.15) is 5.69 Å². The molecule has 30 heavy (non-hydrogen) atoms.